The van der Waals surface area contributed by atoms with E-state index in [1.54, 1.807) is 6.56 Å². The quantitative estimate of drug-likeness (QED) is 0.788. The molecule has 0 atom stereocenters. The van der Waals surface area contributed by atoms with E-state index in [-0.39, 0.29) is 0 Å². The van der Waals surface area contributed by atoms with E-state index in [1.807, 2.05) is 0 Å². The fourth-order valence-electron chi connectivity index (χ4n) is 3.17. The van der Waals surface area contributed by atoms with Crippen molar-refractivity contribution in [2.75, 3.05) is 28.2 Å². The van der Waals surface area contributed by atoms with E-state index in [1.165, 1.54) is 0 Å². The van der Waals surface area contributed by atoms with Crippen LogP contribution in [0.5, 0.6) is 0 Å². The summed E-state index contributed by atoms with van der Waals surface area (Å²) in [5.41, 5.74) is 0. The van der Waals surface area contributed by atoms with Crippen LogP contribution in [0.3, 0.4) is 0 Å². The molecule has 0 heterocycles. The second-order valence-corrected chi connectivity index (χ2v) is 16.0. The zero-order valence-corrected chi connectivity index (χ0v) is 13.7. The maximum atomic E-state index is 2.53. The normalized spacial score (nSPS) is 19.4. The monoisotopic (exact) mass is 308 g/mol. The first-order valence-corrected chi connectivity index (χ1v) is 10.8. The molecule has 0 bridgehead atoms. The molecule has 0 unspecified atom stereocenters. The topological polar surface area (TPSA) is 6.48 Å². The van der Waals surface area contributed by atoms with Gasteiger partial charge in [-0.3, -0.25) is 0 Å². The molecule has 17 heavy (non-hydrogen) atoms. The predicted molar refractivity (Wildman–Crippen MR) is 71.1 cm³/mol. The Kier molecular flexibility index (Phi) is 4.02. The Bertz CT molecular complexity index is 374. The molecule has 0 aliphatic heterocycles. The summed E-state index contributed by atoms with van der Waals surface area (Å²) < 4.78 is 8.41. The van der Waals surface area contributed by atoms with E-state index in [0.29, 0.717) is 0 Å². The minimum atomic E-state index is -2.71. The van der Waals surface area contributed by atoms with Gasteiger partial charge in [-0.05, 0) is 0 Å². The standard InChI is InChI=1S/2C5H5.2C2H6N.Zr/c2*1-2-4-5-3-1;2*1-3-2;/h2*1-3H,4H2;2*1-2H3;/q;;2*-1;+2. The Hall–Kier alpha value is -0.237. The van der Waals surface area contributed by atoms with Crippen molar-refractivity contribution < 1.29 is 20.8 Å². The number of rotatable bonds is 4. The van der Waals surface area contributed by atoms with Gasteiger partial charge < -0.3 is 0 Å². The molecule has 0 saturated heterocycles. The van der Waals surface area contributed by atoms with Crippen molar-refractivity contribution in [2.24, 2.45) is 0 Å². The molecule has 2 nitrogen and oxygen atoms in total. The third kappa shape index (κ3) is 2.09. The molecule has 0 spiro atoms. The van der Waals surface area contributed by atoms with Crippen LogP contribution in [-0.4, -0.2) is 33.9 Å². The molecule has 0 saturated carbocycles. The van der Waals surface area contributed by atoms with Gasteiger partial charge in [0.25, 0.3) is 0 Å². The molecule has 2 aliphatic carbocycles. The molecule has 92 valence electrons. The van der Waals surface area contributed by atoms with Gasteiger partial charge in [-0.25, -0.2) is 0 Å². The number of nitrogens with zero attached hydrogens (tertiary/aromatic N) is 2. The zero-order chi connectivity index (χ0) is 12.5. The van der Waals surface area contributed by atoms with Crippen LogP contribution < -0.4 is 0 Å². The van der Waals surface area contributed by atoms with Crippen molar-refractivity contribution in [3.8, 4) is 0 Å². The third-order valence-electron chi connectivity index (χ3n) is 3.73. The molecule has 0 radical (unpaired) electrons. The van der Waals surface area contributed by atoms with Crippen LogP contribution in [0, 0.1) is 0 Å². The van der Waals surface area contributed by atoms with Crippen LogP contribution in [0.25, 0.3) is 0 Å². The summed E-state index contributed by atoms with van der Waals surface area (Å²) in [5, 5.41) is 0. The van der Waals surface area contributed by atoms with Gasteiger partial charge in [0.2, 0.25) is 0 Å². The molecule has 3 heteroatoms. The van der Waals surface area contributed by atoms with E-state index >= 15 is 0 Å². The van der Waals surface area contributed by atoms with E-state index in [4.69, 9.17) is 0 Å². The zero-order valence-electron chi connectivity index (χ0n) is 11.3. The fraction of sp³-hybridized carbons (Fsp3) is 0.429. The average Bonchev–Trinajstić information content (AvgIpc) is 2.88. The van der Waals surface area contributed by atoms with Crippen molar-refractivity contribution in [1.29, 1.82) is 0 Å². The molecule has 0 amide bonds. The van der Waals surface area contributed by atoms with E-state index in [9.17, 15) is 0 Å². The Labute approximate surface area is 110 Å². The van der Waals surface area contributed by atoms with Gasteiger partial charge in [0.1, 0.15) is 0 Å². The summed E-state index contributed by atoms with van der Waals surface area (Å²) in [7, 11) is 9.03. The second-order valence-electron chi connectivity index (χ2n) is 5.11. The summed E-state index contributed by atoms with van der Waals surface area (Å²) >= 11 is -2.71. The Morgan fingerprint density at radius 2 is 1.24 bits per heavy atom. The SMILES string of the molecule is C[N](C)[Zr]([C]1=CC=CC1)([C]1=CC=CC1)[N](C)C. The number of hydrogen-bond donors (Lipinski definition) is 0. The van der Waals surface area contributed by atoms with Crippen LogP contribution in [0.15, 0.2) is 43.0 Å². The number of allylic oxidation sites excluding steroid dienone is 8. The Morgan fingerprint density at radius 1 is 0.824 bits per heavy atom. The maximum absolute atomic E-state index is 2.71. The molecule has 2 rings (SSSR count). The summed E-state index contributed by atoms with van der Waals surface area (Å²) in [4.78, 5) is 0. The molecular formula is C14H22N2Zr. The molecule has 0 aromatic rings. The van der Waals surface area contributed by atoms with Gasteiger partial charge in [-0.2, -0.15) is 0 Å². The van der Waals surface area contributed by atoms with Crippen LogP contribution in [-0.2, 0) is 20.8 Å². The third-order valence-corrected chi connectivity index (χ3v) is 16.3. The Morgan fingerprint density at radius 3 is 1.47 bits per heavy atom. The summed E-state index contributed by atoms with van der Waals surface area (Å²) in [6.07, 6.45) is 16.0. The Balaban J connectivity index is 2.46. The van der Waals surface area contributed by atoms with Crippen LogP contribution in [0.4, 0.5) is 0 Å². The van der Waals surface area contributed by atoms with Crippen molar-refractivity contribution in [2.45, 2.75) is 12.8 Å². The minimum absolute atomic E-state index is 1.14. The van der Waals surface area contributed by atoms with Crippen LogP contribution in [0.2, 0.25) is 0 Å². The van der Waals surface area contributed by atoms with E-state index in [2.05, 4.69) is 70.3 Å². The molecule has 2 aliphatic rings. The summed E-state index contributed by atoms with van der Waals surface area (Å²) in [6, 6.07) is 0. The molecule has 0 aromatic heterocycles. The number of hydrogen-bond acceptors (Lipinski definition) is 2. The molecule has 0 N–H and O–H groups in total. The first-order valence-electron chi connectivity index (χ1n) is 6.17. The van der Waals surface area contributed by atoms with Crippen LogP contribution >= 0.6 is 0 Å². The fourth-order valence-corrected chi connectivity index (χ4v) is 15.4. The van der Waals surface area contributed by atoms with E-state index < -0.39 is 20.8 Å². The van der Waals surface area contributed by atoms with Gasteiger partial charge in [-0.1, -0.05) is 0 Å². The second kappa shape index (κ2) is 5.18. The van der Waals surface area contributed by atoms with Crippen molar-refractivity contribution in [3.63, 3.8) is 0 Å². The molecular weight excluding hydrogens is 287 g/mol. The summed E-state index contributed by atoms with van der Waals surface area (Å²) in [5.74, 6) is 0. The van der Waals surface area contributed by atoms with Crippen LogP contribution in [0.1, 0.15) is 12.8 Å². The average molecular weight is 310 g/mol. The van der Waals surface area contributed by atoms with Gasteiger partial charge in [-0.15, -0.1) is 0 Å². The van der Waals surface area contributed by atoms with Gasteiger partial charge in [0.05, 0.1) is 0 Å². The predicted octanol–water partition coefficient (Wildman–Crippen LogP) is 2.78. The summed E-state index contributed by atoms with van der Waals surface area (Å²) in [6.45, 7) is 0. The van der Waals surface area contributed by atoms with Gasteiger partial charge >= 0.3 is 111 Å². The van der Waals surface area contributed by atoms with E-state index in [0.717, 1.165) is 12.8 Å². The van der Waals surface area contributed by atoms with Crippen molar-refractivity contribution in [1.82, 2.24) is 5.69 Å². The van der Waals surface area contributed by atoms with Gasteiger partial charge in [0.15, 0.2) is 0 Å². The van der Waals surface area contributed by atoms with Crippen molar-refractivity contribution >= 4 is 0 Å². The molecule has 0 fully saturated rings. The first kappa shape index (κ1) is 13.2. The van der Waals surface area contributed by atoms with Gasteiger partial charge in [0, 0.05) is 0 Å². The molecule has 0 aromatic carbocycles. The van der Waals surface area contributed by atoms with Crippen molar-refractivity contribution in [3.05, 3.63) is 43.0 Å². The first-order chi connectivity index (χ1) is 8.10.